The summed E-state index contributed by atoms with van der Waals surface area (Å²) in [7, 11) is 1.57. The predicted octanol–water partition coefficient (Wildman–Crippen LogP) is 3.60. The maximum Gasteiger partial charge on any atom is 0.228 e. The Hall–Kier alpha value is -2.36. The molecule has 3 rings (SSSR count). The first-order valence-corrected chi connectivity index (χ1v) is 5.90. The Morgan fingerprint density at radius 1 is 1.11 bits per heavy atom. The van der Waals surface area contributed by atoms with Gasteiger partial charge < -0.3 is 4.74 Å². The summed E-state index contributed by atoms with van der Waals surface area (Å²) in [4.78, 5) is 11.8. The van der Waals surface area contributed by atoms with Crippen LogP contribution in [0.1, 0.15) is 11.7 Å². The number of aromatic nitrogens is 1. The van der Waals surface area contributed by atoms with Crippen molar-refractivity contribution in [1.29, 1.82) is 0 Å². The highest BCUT2D eigenvalue weighted by Crippen LogP contribution is 2.31. The van der Waals surface area contributed by atoms with E-state index in [0.717, 1.165) is 16.3 Å². The number of ether oxygens (including phenoxy) is 1. The van der Waals surface area contributed by atoms with E-state index in [1.807, 2.05) is 6.07 Å². The molecule has 0 radical (unpaired) electrons. The zero-order valence-electron chi connectivity index (χ0n) is 10.6. The number of hydrogen-bond donors (Lipinski definition) is 0. The summed E-state index contributed by atoms with van der Waals surface area (Å²) in [5.41, 5.74) is 1.43. The van der Waals surface area contributed by atoms with Crippen molar-refractivity contribution >= 4 is 27.7 Å². The summed E-state index contributed by atoms with van der Waals surface area (Å²) >= 11 is 0. The topological polar surface area (TPSA) is 31.2 Å². The van der Waals surface area contributed by atoms with E-state index < -0.39 is 0 Å². The Morgan fingerprint density at radius 2 is 1.89 bits per heavy atom. The monoisotopic (exact) mass is 257 g/mol. The van der Waals surface area contributed by atoms with Crippen molar-refractivity contribution in [3.63, 3.8) is 0 Å². The molecule has 1 heterocycles. The van der Waals surface area contributed by atoms with Crippen molar-refractivity contribution in [3.05, 3.63) is 42.2 Å². The molecule has 0 bridgehead atoms. The number of rotatable bonds is 1. The molecule has 0 saturated heterocycles. The summed E-state index contributed by atoms with van der Waals surface area (Å²) in [6, 6.07) is 9.86. The van der Waals surface area contributed by atoms with Crippen LogP contribution in [0, 0.1) is 5.82 Å². The molecule has 3 aromatic rings. The van der Waals surface area contributed by atoms with Crippen LogP contribution in [0.15, 0.2) is 36.4 Å². The van der Waals surface area contributed by atoms with E-state index in [0.29, 0.717) is 11.3 Å². The van der Waals surface area contributed by atoms with Gasteiger partial charge in [-0.25, -0.2) is 4.39 Å². The van der Waals surface area contributed by atoms with Gasteiger partial charge in [-0.2, -0.15) is 0 Å². The van der Waals surface area contributed by atoms with Gasteiger partial charge in [0.05, 0.1) is 18.1 Å². The fraction of sp³-hybridized carbons (Fsp3) is 0.133. The molecule has 2 aromatic carbocycles. The molecule has 0 fully saturated rings. The molecule has 0 N–H and O–H groups in total. The summed E-state index contributed by atoms with van der Waals surface area (Å²) < 4.78 is 20.2. The Bertz CT molecular complexity index is 805. The fourth-order valence-corrected chi connectivity index (χ4v) is 2.44. The standard InChI is InChI=1S/C15H12FNO2/c1-9(18)17-14-6-3-10(16)7-13(14)12-5-4-11(19-2)8-15(12)17/h3-8H,1-2H3. The minimum Gasteiger partial charge on any atom is -0.497 e. The molecule has 19 heavy (non-hydrogen) atoms. The van der Waals surface area contributed by atoms with Crippen molar-refractivity contribution in [2.45, 2.75) is 6.92 Å². The molecule has 3 nitrogen and oxygen atoms in total. The first kappa shape index (κ1) is 11.7. The summed E-state index contributed by atoms with van der Waals surface area (Å²) in [5.74, 6) is 0.240. The van der Waals surface area contributed by atoms with Gasteiger partial charge in [-0.05, 0) is 30.3 Å². The highest BCUT2D eigenvalue weighted by Gasteiger charge is 2.14. The van der Waals surface area contributed by atoms with Crippen molar-refractivity contribution in [2.75, 3.05) is 7.11 Å². The molecular weight excluding hydrogens is 245 g/mol. The van der Waals surface area contributed by atoms with Crippen molar-refractivity contribution in [1.82, 2.24) is 4.57 Å². The van der Waals surface area contributed by atoms with Crippen LogP contribution in [0.3, 0.4) is 0 Å². The van der Waals surface area contributed by atoms with Crippen LogP contribution in [-0.4, -0.2) is 17.6 Å². The van der Waals surface area contributed by atoms with E-state index in [4.69, 9.17) is 4.74 Å². The molecule has 1 aromatic heterocycles. The number of hydrogen-bond acceptors (Lipinski definition) is 2. The van der Waals surface area contributed by atoms with Gasteiger partial charge in [0.25, 0.3) is 0 Å². The van der Waals surface area contributed by atoms with Crippen LogP contribution in [0.2, 0.25) is 0 Å². The largest absolute Gasteiger partial charge is 0.497 e. The summed E-state index contributed by atoms with van der Waals surface area (Å²) in [6.07, 6.45) is 0. The highest BCUT2D eigenvalue weighted by atomic mass is 19.1. The number of nitrogens with zero attached hydrogens (tertiary/aromatic N) is 1. The predicted molar refractivity (Wildman–Crippen MR) is 72.3 cm³/mol. The quantitative estimate of drug-likeness (QED) is 0.667. The molecule has 0 atom stereocenters. The Morgan fingerprint density at radius 3 is 2.58 bits per heavy atom. The molecule has 0 aliphatic carbocycles. The van der Waals surface area contributed by atoms with Gasteiger partial charge in [-0.15, -0.1) is 0 Å². The second-order valence-corrected chi connectivity index (χ2v) is 4.40. The number of methoxy groups -OCH3 is 1. The lowest BCUT2D eigenvalue weighted by Gasteiger charge is -2.03. The van der Waals surface area contributed by atoms with Gasteiger partial charge in [0.1, 0.15) is 11.6 Å². The van der Waals surface area contributed by atoms with E-state index >= 15 is 0 Å². The second-order valence-electron chi connectivity index (χ2n) is 4.40. The number of carbonyl (C=O) groups excluding carboxylic acids is 1. The van der Waals surface area contributed by atoms with Crippen LogP contribution in [0.4, 0.5) is 4.39 Å². The lowest BCUT2D eigenvalue weighted by atomic mass is 10.1. The Labute approximate surface area is 109 Å². The number of benzene rings is 2. The van der Waals surface area contributed by atoms with Crippen LogP contribution < -0.4 is 4.74 Å². The summed E-state index contributed by atoms with van der Waals surface area (Å²) in [6.45, 7) is 1.49. The first-order valence-electron chi connectivity index (χ1n) is 5.90. The van der Waals surface area contributed by atoms with Gasteiger partial charge in [-0.3, -0.25) is 9.36 Å². The van der Waals surface area contributed by atoms with Gasteiger partial charge in [0, 0.05) is 23.8 Å². The first-order chi connectivity index (χ1) is 9.11. The minimum atomic E-state index is -0.314. The van der Waals surface area contributed by atoms with Gasteiger partial charge in [0.15, 0.2) is 0 Å². The number of fused-ring (bicyclic) bond motifs is 3. The van der Waals surface area contributed by atoms with Crippen molar-refractivity contribution < 1.29 is 13.9 Å². The summed E-state index contributed by atoms with van der Waals surface area (Å²) in [5, 5.41) is 1.57. The van der Waals surface area contributed by atoms with Gasteiger partial charge >= 0.3 is 0 Å². The Balaban J connectivity index is 2.53. The maximum absolute atomic E-state index is 13.4. The van der Waals surface area contributed by atoms with Crippen molar-refractivity contribution in [3.8, 4) is 5.75 Å². The zero-order chi connectivity index (χ0) is 13.6. The van der Waals surface area contributed by atoms with E-state index in [1.165, 1.54) is 19.1 Å². The molecule has 4 heteroatoms. The number of carbonyl (C=O) groups is 1. The molecule has 96 valence electrons. The highest BCUT2D eigenvalue weighted by molar-refractivity contribution is 6.13. The third kappa shape index (κ3) is 1.68. The molecule has 0 aliphatic rings. The van der Waals surface area contributed by atoms with E-state index in [9.17, 15) is 9.18 Å². The van der Waals surface area contributed by atoms with Gasteiger partial charge in [0.2, 0.25) is 5.91 Å². The lowest BCUT2D eigenvalue weighted by molar-refractivity contribution is 0.0946. The average Bonchev–Trinajstić information content (AvgIpc) is 2.71. The van der Waals surface area contributed by atoms with Crippen molar-refractivity contribution in [2.24, 2.45) is 0 Å². The molecule has 0 aliphatic heterocycles. The van der Waals surface area contributed by atoms with Crippen LogP contribution >= 0.6 is 0 Å². The van der Waals surface area contributed by atoms with Crippen LogP contribution in [-0.2, 0) is 0 Å². The van der Waals surface area contributed by atoms with E-state index in [1.54, 1.807) is 29.9 Å². The smallest absolute Gasteiger partial charge is 0.228 e. The normalized spacial score (nSPS) is 11.1. The molecule has 0 amide bonds. The van der Waals surface area contributed by atoms with Crippen LogP contribution in [0.25, 0.3) is 21.8 Å². The third-order valence-electron chi connectivity index (χ3n) is 3.25. The molecule has 0 spiro atoms. The number of halogens is 1. The maximum atomic E-state index is 13.4. The zero-order valence-corrected chi connectivity index (χ0v) is 10.6. The van der Waals surface area contributed by atoms with E-state index in [2.05, 4.69) is 0 Å². The third-order valence-corrected chi connectivity index (χ3v) is 3.25. The SMILES string of the molecule is COc1ccc2c3cc(F)ccc3n(C(C)=O)c2c1. The lowest BCUT2D eigenvalue weighted by Crippen LogP contribution is -2.04. The fourth-order valence-electron chi connectivity index (χ4n) is 2.44. The van der Waals surface area contributed by atoms with E-state index in [-0.39, 0.29) is 11.7 Å². The molecule has 0 saturated carbocycles. The minimum absolute atomic E-state index is 0.111. The average molecular weight is 257 g/mol. The Kier molecular flexibility index (Phi) is 2.52. The van der Waals surface area contributed by atoms with Crippen LogP contribution in [0.5, 0.6) is 5.75 Å². The molecular formula is C15H12FNO2. The van der Waals surface area contributed by atoms with Gasteiger partial charge in [-0.1, -0.05) is 0 Å². The second kappa shape index (κ2) is 4.09. The molecule has 0 unspecified atom stereocenters.